The minimum Gasteiger partial charge on any atom is -0.399 e. The van der Waals surface area contributed by atoms with E-state index in [1.165, 1.54) is 12.5 Å². The summed E-state index contributed by atoms with van der Waals surface area (Å²) in [5.41, 5.74) is 7.09. The number of hydrogen-bond acceptors (Lipinski definition) is 3. The van der Waals surface area contributed by atoms with E-state index in [-0.39, 0.29) is 10.9 Å². The molecule has 112 valence electrons. The normalized spacial score (nSPS) is 27.4. The standard InChI is InChI=1S/C15H24N2O2S/c1-10-7-13(16)9-14(8-10)20(18,19)17-15-6-4-5-11(2)12(15)3/h7-9,11-12,15,17H,4-6,16H2,1-3H3. The van der Waals surface area contributed by atoms with Gasteiger partial charge in [-0.1, -0.05) is 26.7 Å². The summed E-state index contributed by atoms with van der Waals surface area (Å²) in [4.78, 5) is 0.264. The quantitative estimate of drug-likeness (QED) is 0.842. The predicted molar refractivity (Wildman–Crippen MR) is 81.9 cm³/mol. The summed E-state index contributed by atoms with van der Waals surface area (Å²) in [5.74, 6) is 0.916. The van der Waals surface area contributed by atoms with Crippen LogP contribution < -0.4 is 10.5 Å². The first-order valence-corrected chi connectivity index (χ1v) is 8.67. The number of sulfonamides is 1. The van der Waals surface area contributed by atoms with Gasteiger partial charge in [0, 0.05) is 11.7 Å². The summed E-state index contributed by atoms with van der Waals surface area (Å²) < 4.78 is 27.8. The van der Waals surface area contributed by atoms with Gasteiger partial charge < -0.3 is 5.73 Å². The van der Waals surface area contributed by atoms with Crippen LogP contribution in [0.1, 0.15) is 38.7 Å². The second-order valence-electron chi connectivity index (χ2n) is 6.07. The van der Waals surface area contributed by atoms with E-state index < -0.39 is 10.0 Å². The number of nitrogens with one attached hydrogen (secondary N) is 1. The maximum Gasteiger partial charge on any atom is 0.240 e. The van der Waals surface area contributed by atoms with Crippen molar-refractivity contribution in [3.8, 4) is 0 Å². The Hall–Kier alpha value is -1.07. The van der Waals surface area contributed by atoms with Crippen LogP contribution in [0.15, 0.2) is 23.1 Å². The lowest BCUT2D eigenvalue weighted by Crippen LogP contribution is -2.43. The Morgan fingerprint density at radius 2 is 1.90 bits per heavy atom. The molecule has 5 heteroatoms. The van der Waals surface area contributed by atoms with E-state index in [1.807, 2.05) is 6.92 Å². The lowest BCUT2D eigenvalue weighted by Gasteiger charge is -2.34. The van der Waals surface area contributed by atoms with E-state index in [1.54, 1.807) is 12.1 Å². The van der Waals surface area contributed by atoms with Crippen LogP contribution in [-0.2, 0) is 10.0 Å². The van der Waals surface area contributed by atoms with Gasteiger partial charge in [0.1, 0.15) is 0 Å². The van der Waals surface area contributed by atoms with Crippen LogP contribution in [0.4, 0.5) is 5.69 Å². The predicted octanol–water partition coefficient (Wildman–Crippen LogP) is 2.68. The lowest BCUT2D eigenvalue weighted by atomic mass is 9.78. The van der Waals surface area contributed by atoms with Gasteiger partial charge in [0.25, 0.3) is 0 Å². The highest BCUT2D eigenvalue weighted by Crippen LogP contribution is 2.30. The topological polar surface area (TPSA) is 72.2 Å². The molecule has 1 saturated carbocycles. The smallest absolute Gasteiger partial charge is 0.240 e. The Kier molecular flexibility index (Phi) is 4.39. The zero-order chi connectivity index (χ0) is 14.9. The van der Waals surface area contributed by atoms with E-state index in [0.29, 0.717) is 17.5 Å². The third kappa shape index (κ3) is 3.33. The van der Waals surface area contributed by atoms with Gasteiger partial charge in [0.15, 0.2) is 0 Å². The Labute approximate surface area is 121 Å². The van der Waals surface area contributed by atoms with Crippen LogP contribution in [0.25, 0.3) is 0 Å². The molecule has 0 amide bonds. The first-order chi connectivity index (χ1) is 9.29. The third-order valence-electron chi connectivity index (χ3n) is 4.40. The van der Waals surface area contributed by atoms with Gasteiger partial charge in [-0.2, -0.15) is 0 Å². The number of benzene rings is 1. The molecule has 1 fully saturated rings. The fourth-order valence-corrected chi connectivity index (χ4v) is 4.45. The molecular formula is C15H24N2O2S. The third-order valence-corrected chi connectivity index (χ3v) is 5.87. The van der Waals surface area contributed by atoms with Gasteiger partial charge in [-0.15, -0.1) is 0 Å². The molecule has 1 aliphatic carbocycles. The van der Waals surface area contributed by atoms with E-state index >= 15 is 0 Å². The van der Waals surface area contributed by atoms with E-state index in [0.717, 1.165) is 18.4 Å². The zero-order valence-corrected chi connectivity index (χ0v) is 13.2. The van der Waals surface area contributed by atoms with Gasteiger partial charge in [0.05, 0.1) is 4.90 Å². The Morgan fingerprint density at radius 3 is 2.55 bits per heavy atom. The molecule has 4 nitrogen and oxygen atoms in total. The first kappa shape index (κ1) is 15.3. The molecule has 1 aliphatic rings. The Balaban J connectivity index is 2.22. The van der Waals surface area contributed by atoms with Gasteiger partial charge >= 0.3 is 0 Å². The van der Waals surface area contributed by atoms with Gasteiger partial charge in [0.2, 0.25) is 10.0 Å². The molecule has 3 atom stereocenters. The number of aryl methyl sites for hydroxylation is 1. The van der Waals surface area contributed by atoms with Crippen LogP contribution in [0.5, 0.6) is 0 Å². The minimum atomic E-state index is -3.49. The van der Waals surface area contributed by atoms with Crippen LogP contribution in [0, 0.1) is 18.8 Å². The van der Waals surface area contributed by atoms with Crippen molar-refractivity contribution in [3.63, 3.8) is 0 Å². The molecule has 0 bridgehead atoms. The maximum atomic E-state index is 12.5. The number of nitrogens with two attached hydrogens (primary N) is 1. The van der Waals surface area contributed by atoms with E-state index in [9.17, 15) is 8.42 Å². The molecule has 0 aliphatic heterocycles. The molecule has 0 heterocycles. The Morgan fingerprint density at radius 1 is 1.20 bits per heavy atom. The molecule has 1 aromatic carbocycles. The molecule has 0 aromatic heterocycles. The van der Waals surface area contributed by atoms with E-state index in [4.69, 9.17) is 5.73 Å². The summed E-state index contributed by atoms with van der Waals surface area (Å²) in [5, 5.41) is 0. The van der Waals surface area contributed by atoms with Crippen molar-refractivity contribution in [1.82, 2.24) is 4.72 Å². The van der Waals surface area contributed by atoms with Gasteiger partial charge in [-0.05, 0) is 48.9 Å². The molecule has 3 N–H and O–H groups in total. The van der Waals surface area contributed by atoms with Crippen LogP contribution in [0.3, 0.4) is 0 Å². The van der Waals surface area contributed by atoms with Crippen molar-refractivity contribution in [1.29, 1.82) is 0 Å². The SMILES string of the molecule is Cc1cc(N)cc(S(=O)(=O)NC2CCCC(C)C2C)c1. The molecule has 0 saturated heterocycles. The summed E-state index contributed by atoms with van der Waals surface area (Å²) in [6, 6.07) is 4.97. The average Bonchev–Trinajstić information content (AvgIpc) is 2.33. The second-order valence-corrected chi connectivity index (χ2v) is 7.79. The van der Waals surface area contributed by atoms with Crippen LogP contribution >= 0.6 is 0 Å². The minimum absolute atomic E-state index is 0.0190. The summed E-state index contributed by atoms with van der Waals surface area (Å²) in [7, 11) is -3.49. The largest absolute Gasteiger partial charge is 0.399 e. The van der Waals surface area contributed by atoms with Gasteiger partial charge in [-0.25, -0.2) is 13.1 Å². The summed E-state index contributed by atoms with van der Waals surface area (Å²) >= 11 is 0. The monoisotopic (exact) mass is 296 g/mol. The first-order valence-electron chi connectivity index (χ1n) is 7.19. The lowest BCUT2D eigenvalue weighted by molar-refractivity contribution is 0.227. The van der Waals surface area contributed by atoms with Crippen LogP contribution in [-0.4, -0.2) is 14.5 Å². The molecule has 2 rings (SSSR count). The zero-order valence-electron chi connectivity index (χ0n) is 12.4. The van der Waals surface area contributed by atoms with Crippen molar-refractivity contribution in [3.05, 3.63) is 23.8 Å². The van der Waals surface area contributed by atoms with Crippen molar-refractivity contribution in [2.24, 2.45) is 11.8 Å². The number of nitrogen functional groups attached to an aromatic ring is 1. The van der Waals surface area contributed by atoms with Crippen molar-refractivity contribution in [2.75, 3.05) is 5.73 Å². The van der Waals surface area contributed by atoms with Crippen molar-refractivity contribution >= 4 is 15.7 Å². The molecule has 0 spiro atoms. The molecule has 3 unspecified atom stereocenters. The number of hydrogen-bond donors (Lipinski definition) is 2. The van der Waals surface area contributed by atoms with Gasteiger partial charge in [-0.3, -0.25) is 0 Å². The number of anilines is 1. The van der Waals surface area contributed by atoms with E-state index in [2.05, 4.69) is 18.6 Å². The highest BCUT2D eigenvalue weighted by atomic mass is 32.2. The highest BCUT2D eigenvalue weighted by molar-refractivity contribution is 7.89. The average molecular weight is 296 g/mol. The fraction of sp³-hybridized carbons (Fsp3) is 0.600. The summed E-state index contributed by atoms with van der Waals surface area (Å²) in [6.07, 6.45) is 3.16. The number of rotatable bonds is 3. The maximum absolute atomic E-state index is 12.5. The summed E-state index contributed by atoms with van der Waals surface area (Å²) in [6.45, 7) is 6.16. The van der Waals surface area contributed by atoms with Crippen LogP contribution in [0.2, 0.25) is 0 Å². The second kappa shape index (κ2) is 5.74. The van der Waals surface area contributed by atoms with Crippen molar-refractivity contribution < 1.29 is 8.42 Å². The van der Waals surface area contributed by atoms with Crippen molar-refractivity contribution in [2.45, 2.75) is 51.0 Å². The highest BCUT2D eigenvalue weighted by Gasteiger charge is 2.30. The fourth-order valence-electron chi connectivity index (χ4n) is 2.95. The Bertz CT molecular complexity index is 563. The molecule has 20 heavy (non-hydrogen) atoms. The molecular weight excluding hydrogens is 272 g/mol. The molecule has 0 radical (unpaired) electrons. The molecule has 1 aromatic rings.